The summed E-state index contributed by atoms with van der Waals surface area (Å²) in [5, 5.41) is 5.50. The van der Waals surface area contributed by atoms with Gasteiger partial charge in [0, 0.05) is 13.1 Å². The molecule has 5 heteroatoms. The van der Waals surface area contributed by atoms with E-state index in [1.54, 1.807) is 11.3 Å². The van der Waals surface area contributed by atoms with Gasteiger partial charge in [0.05, 0.1) is 10.2 Å². The molecule has 0 aliphatic carbocycles. The maximum atomic E-state index is 12.6. The third-order valence-electron chi connectivity index (χ3n) is 5.35. The van der Waals surface area contributed by atoms with Crippen LogP contribution in [0.4, 0.5) is 0 Å². The molecule has 2 aliphatic heterocycles. The fourth-order valence-electron chi connectivity index (χ4n) is 4.02. The number of carbonyl (C=O) groups is 1. The molecule has 0 aromatic carbocycles. The Hall–Kier alpha value is -1.33. The molecule has 0 radical (unpaired) electrons. The first-order chi connectivity index (χ1) is 10.8. The SMILES string of the molecule is O=C(c1cc2sccc2[nH]1)N1CCC(C2CCNCC2)CC1. The highest BCUT2D eigenvalue weighted by Gasteiger charge is 2.29. The molecule has 0 atom stereocenters. The molecule has 2 aromatic heterocycles. The van der Waals surface area contributed by atoms with E-state index >= 15 is 0 Å². The number of aromatic nitrogens is 1. The summed E-state index contributed by atoms with van der Waals surface area (Å²) in [5.74, 6) is 1.86. The molecule has 0 saturated carbocycles. The predicted octanol–water partition coefficient (Wildman–Crippen LogP) is 3.08. The van der Waals surface area contributed by atoms with Crippen LogP contribution in [0.25, 0.3) is 10.2 Å². The molecule has 2 fully saturated rings. The summed E-state index contributed by atoms with van der Waals surface area (Å²) >= 11 is 1.68. The number of nitrogens with one attached hydrogen (secondary N) is 2. The van der Waals surface area contributed by atoms with Crippen LogP contribution in [0.3, 0.4) is 0 Å². The number of nitrogens with zero attached hydrogens (tertiary/aromatic N) is 1. The number of piperidine rings is 2. The fourth-order valence-corrected chi connectivity index (χ4v) is 4.81. The highest BCUT2D eigenvalue weighted by molar-refractivity contribution is 7.17. The molecule has 22 heavy (non-hydrogen) atoms. The van der Waals surface area contributed by atoms with Crippen molar-refractivity contribution in [2.45, 2.75) is 25.7 Å². The summed E-state index contributed by atoms with van der Waals surface area (Å²) in [4.78, 5) is 17.9. The molecule has 4 heterocycles. The first-order valence-corrected chi connectivity index (χ1v) is 9.25. The highest BCUT2D eigenvalue weighted by Crippen LogP contribution is 2.31. The Kier molecular flexibility index (Phi) is 3.92. The Morgan fingerprint density at radius 2 is 1.86 bits per heavy atom. The van der Waals surface area contributed by atoms with Crippen molar-refractivity contribution in [2.75, 3.05) is 26.2 Å². The highest BCUT2D eigenvalue weighted by atomic mass is 32.1. The molecule has 2 aliphatic rings. The number of fused-ring (bicyclic) bond motifs is 1. The van der Waals surface area contributed by atoms with Crippen LogP contribution >= 0.6 is 11.3 Å². The maximum absolute atomic E-state index is 12.6. The summed E-state index contributed by atoms with van der Waals surface area (Å²) < 4.78 is 1.17. The number of carbonyl (C=O) groups excluding carboxylic acids is 1. The Morgan fingerprint density at radius 3 is 2.59 bits per heavy atom. The van der Waals surface area contributed by atoms with E-state index in [0.29, 0.717) is 0 Å². The Labute approximate surface area is 134 Å². The minimum Gasteiger partial charge on any atom is -0.350 e. The Morgan fingerprint density at radius 1 is 1.14 bits per heavy atom. The van der Waals surface area contributed by atoms with Gasteiger partial charge in [0.15, 0.2) is 0 Å². The van der Waals surface area contributed by atoms with Gasteiger partial charge in [-0.3, -0.25) is 4.79 Å². The summed E-state index contributed by atoms with van der Waals surface area (Å²) in [6.07, 6.45) is 4.97. The second-order valence-electron chi connectivity index (χ2n) is 6.60. The standard InChI is InChI=1S/C17H23N3OS/c21-17(15-11-16-14(19-15)5-10-22-16)20-8-3-13(4-9-20)12-1-6-18-7-2-12/h5,10-13,18-19H,1-4,6-9H2. The lowest BCUT2D eigenvalue weighted by atomic mass is 9.79. The van der Waals surface area contributed by atoms with E-state index in [4.69, 9.17) is 0 Å². The number of rotatable bonds is 2. The smallest absolute Gasteiger partial charge is 0.270 e. The lowest BCUT2D eigenvalue weighted by Gasteiger charge is -2.37. The molecule has 4 rings (SSSR count). The number of likely N-dealkylation sites (tertiary alicyclic amines) is 1. The molecule has 0 spiro atoms. The van der Waals surface area contributed by atoms with Gasteiger partial charge in [0.1, 0.15) is 5.69 Å². The van der Waals surface area contributed by atoms with Crippen LogP contribution in [0.2, 0.25) is 0 Å². The zero-order valence-electron chi connectivity index (χ0n) is 12.8. The number of aromatic amines is 1. The average Bonchev–Trinajstić information content (AvgIpc) is 3.17. The number of H-pyrrole nitrogens is 1. The van der Waals surface area contributed by atoms with Crippen molar-refractivity contribution in [3.05, 3.63) is 23.2 Å². The Bertz CT molecular complexity index is 619. The van der Waals surface area contributed by atoms with E-state index in [0.717, 1.165) is 36.1 Å². The largest absolute Gasteiger partial charge is 0.350 e. The zero-order chi connectivity index (χ0) is 14.9. The number of thiophene rings is 1. The second kappa shape index (κ2) is 6.05. The summed E-state index contributed by atoms with van der Waals surface area (Å²) in [5.41, 5.74) is 1.83. The quantitative estimate of drug-likeness (QED) is 0.894. The molecule has 0 unspecified atom stereocenters. The van der Waals surface area contributed by atoms with E-state index in [1.807, 2.05) is 17.0 Å². The second-order valence-corrected chi connectivity index (χ2v) is 7.55. The first kappa shape index (κ1) is 14.3. The summed E-state index contributed by atoms with van der Waals surface area (Å²) in [6, 6.07) is 4.04. The van der Waals surface area contributed by atoms with Crippen molar-refractivity contribution in [3.63, 3.8) is 0 Å². The molecule has 2 N–H and O–H groups in total. The average molecular weight is 317 g/mol. The molecule has 118 valence electrons. The van der Waals surface area contributed by atoms with Crippen LogP contribution in [0.5, 0.6) is 0 Å². The van der Waals surface area contributed by atoms with Gasteiger partial charge in [-0.1, -0.05) is 0 Å². The summed E-state index contributed by atoms with van der Waals surface area (Å²) in [7, 11) is 0. The first-order valence-electron chi connectivity index (χ1n) is 8.37. The van der Waals surface area contributed by atoms with Crippen molar-refractivity contribution in [1.29, 1.82) is 0 Å². The van der Waals surface area contributed by atoms with Gasteiger partial charge in [-0.15, -0.1) is 11.3 Å². The molecule has 4 nitrogen and oxygen atoms in total. The van der Waals surface area contributed by atoms with Gasteiger partial charge < -0.3 is 15.2 Å². The van der Waals surface area contributed by atoms with Crippen LogP contribution in [0, 0.1) is 11.8 Å². The number of amides is 1. The van der Waals surface area contributed by atoms with E-state index in [9.17, 15) is 4.79 Å². The minimum atomic E-state index is 0.173. The summed E-state index contributed by atoms with van der Waals surface area (Å²) in [6.45, 7) is 4.17. The van der Waals surface area contributed by atoms with Crippen LogP contribution in [-0.4, -0.2) is 42.0 Å². The number of hydrogen-bond acceptors (Lipinski definition) is 3. The predicted molar refractivity (Wildman–Crippen MR) is 90.4 cm³/mol. The van der Waals surface area contributed by atoms with Gasteiger partial charge in [-0.05, 0) is 68.1 Å². The van der Waals surface area contributed by atoms with E-state index in [2.05, 4.69) is 15.7 Å². The lowest BCUT2D eigenvalue weighted by molar-refractivity contribution is 0.0637. The monoisotopic (exact) mass is 317 g/mol. The van der Waals surface area contributed by atoms with Crippen molar-refractivity contribution < 1.29 is 4.79 Å². The van der Waals surface area contributed by atoms with Crippen LogP contribution in [0.1, 0.15) is 36.2 Å². The normalized spacial score (nSPS) is 21.5. The third-order valence-corrected chi connectivity index (χ3v) is 6.21. The van der Waals surface area contributed by atoms with Crippen molar-refractivity contribution in [3.8, 4) is 0 Å². The molecule has 0 bridgehead atoms. The maximum Gasteiger partial charge on any atom is 0.270 e. The molecular weight excluding hydrogens is 294 g/mol. The van der Waals surface area contributed by atoms with E-state index < -0.39 is 0 Å². The van der Waals surface area contributed by atoms with Gasteiger partial charge >= 0.3 is 0 Å². The van der Waals surface area contributed by atoms with Crippen molar-refractivity contribution in [1.82, 2.24) is 15.2 Å². The van der Waals surface area contributed by atoms with E-state index in [1.165, 1.54) is 43.5 Å². The lowest BCUT2D eigenvalue weighted by Crippen LogP contribution is -2.42. The van der Waals surface area contributed by atoms with Gasteiger partial charge in [0.2, 0.25) is 0 Å². The molecule has 2 saturated heterocycles. The van der Waals surface area contributed by atoms with E-state index in [-0.39, 0.29) is 5.91 Å². The van der Waals surface area contributed by atoms with Crippen molar-refractivity contribution >= 4 is 27.5 Å². The number of hydrogen-bond donors (Lipinski definition) is 2. The van der Waals surface area contributed by atoms with Gasteiger partial charge in [0.25, 0.3) is 5.91 Å². The van der Waals surface area contributed by atoms with Gasteiger partial charge in [-0.2, -0.15) is 0 Å². The van der Waals surface area contributed by atoms with Crippen LogP contribution < -0.4 is 5.32 Å². The van der Waals surface area contributed by atoms with Gasteiger partial charge in [-0.25, -0.2) is 0 Å². The van der Waals surface area contributed by atoms with Crippen LogP contribution in [0.15, 0.2) is 17.5 Å². The fraction of sp³-hybridized carbons (Fsp3) is 0.588. The Balaban J connectivity index is 1.38. The molecule has 2 aromatic rings. The third kappa shape index (κ3) is 2.68. The van der Waals surface area contributed by atoms with Crippen LogP contribution in [-0.2, 0) is 0 Å². The molecule has 1 amide bonds. The topological polar surface area (TPSA) is 48.1 Å². The zero-order valence-corrected chi connectivity index (χ0v) is 13.6. The minimum absolute atomic E-state index is 0.173. The van der Waals surface area contributed by atoms with Crippen molar-refractivity contribution in [2.24, 2.45) is 11.8 Å². The molecular formula is C17H23N3OS.